The van der Waals surface area contributed by atoms with Crippen LogP contribution >= 0.6 is 11.5 Å². The van der Waals surface area contributed by atoms with E-state index >= 15 is 0 Å². The molecule has 122 valence electrons. The van der Waals surface area contributed by atoms with E-state index in [9.17, 15) is 9.18 Å². The van der Waals surface area contributed by atoms with Crippen molar-refractivity contribution < 1.29 is 9.18 Å². The Morgan fingerprint density at radius 3 is 2.71 bits per heavy atom. The lowest BCUT2D eigenvalue weighted by molar-refractivity contribution is 0.0756. The molecule has 0 saturated carbocycles. The van der Waals surface area contributed by atoms with Crippen LogP contribution in [0, 0.1) is 12.7 Å². The molecule has 0 spiro atoms. The lowest BCUT2D eigenvalue weighted by Gasteiger charge is -2.28. The Morgan fingerprint density at radius 1 is 1.25 bits per heavy atom. The Labute approximate surface area is 143 Å². The van der Waals surface area contributed by atoms with E-state index in [4.69, 9.17) is 0 Å². The smallest absolute Gasteiger partial charge is 0.268 e. The van der Waals surface area contributed by atoms with Gasteiger partial charge in [-0.25, -0.2) is 4.39 Å². The van der Waals surface area contributed by atoms with E-state index in [1.165, 1.54) is 12.1 Å². The Balaban J connectivity index is 2.05. The molecule has 3 rings (SSSR count). The number of aromatic nitrogens is 3. The Morgan fingerprint density at radius 2 is 2.08 bits per heavy atom. The van der Waals surface area contributed by atoms with Crippen LogP contribution in [0.15, 0.2) is 48.7 Å². The van der Waals surface area contributed by atoms with Crippen molar-refractivity contribution in [3.63, 3.8) is 0 Å². The van der Waals surface area contributed by atoms with Crippen molar-refractivity contribution in [2.24, 2.45) is 0 Å². The fourth-order valence-electron chi connectivity index (χ4n) is 2.51. The van der Waals surface area contributed by atoms with Crippen LogP contribution in [0.2, 0.25) is 0 Å². The van der Waals surface area contributed by atoms with E-state index in [0.717, 1.165) is 11.5 Å². The number of pyridine rings is 1. The first kappa shape index (κ1) is 16.2. The zero-order chi connectivity index (χ0) is 17.1. The first-order chi connectivity index (χ1) is 11.6. The van der Waals surface area contributed by atoms with Crippen molar-refractivity contribution in [1.29, 1.82) is 0 Å². The summed E-state index contributed by atoms with van der Waals surface area (Å²) in [5.41, 5.74) is 1.89. The molecule has 1 amide bonds. The molecule has 7 heteroatoms. The maximum atomic E-state index is 13.7. The van der Waals surface area contributed by atoms with E-state index in [1.54, 1.807) is 43.3 Å². The molecular weight excluding hydrogens is 327 g/mol. The van der Waals surface area contributed by atoms with Gasteiger partial charge in [0.25, 0.3) is 5.91 Å². The summed E-state index contributed by atoms with van der Waals surface area (Å²) in [5.74, 6) is -0.577. The minimum absolute atomic E-state index is 0.220. The highest BCUT2D eigenvalue weighted by molar-refractivity contribution is 7.07. The average molecular weight is 342 g/mol. The first-order valence-corrected chi connectivity index (χ1v) is 8.08. The van der Waals surface area contributed by atoms with Gasteiger partial charge in [0.05, 0.1) is 17.4 Å². The van der Waals surface area contributed by atoms with Crippen LogP contribution in [0.1, 0.15) is 32.7 Å². The Bertz CT molecular complexity index is 853. The monoisotopic (exact) mass is 342 g/mol. The zero-order valence-electron chi connectivity index (χ0n) is 13.2. The molecule has 1 aromatic carbocycles. The highest BCUT2D eigenvalue weighted by Crippen LogP contribution is 2.28. The van der Waals surface area contributed by atoms with Gasteiger partial charge in [-0.1, -0.05) is 22.7 Å². The minimum atomic E-state index is -0.504. The number of amides is 1. The van der Waals surface area contributed by atoms with Crippen LogP contribution in [0.3, 0.4) is 0 Å². The average Bonchev–Trinajstić information content (AvgIpc) is 3.01. The predicted molar refractivity (Wildman–Crippen MR) is 89.2 cm³/mol. The molecule has 0 aliphatic heterocycles. The topological polar surface area (TPSA) is 59.0 Å². The molecule has 0 aliphatic rings. The van der Waals surface area contributed by atoms with Crippen molar-refractivity contribution in [1.82, 2.24) is 19.5 Å². The van der Waals surface area contributed by atoms with Crippen molar-refractivity contribution in [3.8, 4) is 0 Å². The minimum Gasteiger partial charge on any atom is -0.328 e. The third-order valence-electron chi connectivity index (χ3n) is 3.69. The molecule has 0 radical (unpaired) electrons. The SMILES string of the molecule is Cc1nnsc1C(=O)N(C)[C@H](c1cccc(F)c1)c1ccccn1. The lowest BCUT2D eigenvalue weighted by Crippen LogP contribution is -2.32. The van der Waals surface area contributed by atoms with Gasteiger partial charge in [0, 0.05) is 13.2 Å². The molecule has 1 atom stereocenters. The van der Waals surface area contributed by atoms with E-state index in [-0.39, 0.29) is 11.7 Å². The largest absolute Gasteiger partial charge is 0.328 e. The fourth-order valence-corrected chi connectivity index (χ4v) is 3.15. The second-order valence-corrected chi connectivity index (χ2v) is 6.07. The summed E-state index contributed by atoms with van der Waals surface area (Å²) >= 11 is 1.05. The number of hydrogen-bond acceptors (Lipinski definition) is 5. The quantitative estimate of drug-likeness (QED) is 0.730. The fraction of sp³-hybridized carbons (Fsp3) is 0.176. The summed E-state index contributed by atoms with van der Waals surface area (Å²) in [6.45, 7) is 1.74. The van der Waals surface area contributed by atoms with Crippen molar-refractivity contribution in [2.75, 3.05) is 7.05 Å². The molecule has 24 heavy (non-hydrogen) atoms. The summed E-state index contributed by atoms with van der Waals surface area (Å²) in [4.78, 5) is 19.2. The summed E-state index contributed by atoms with van der Waals surface area (Å²) in [6, 6.07) is 11.1. The number of benzene rings is 1. The van der Waals surface area contributed by atoms with Crippen LogP contribution in [0.5, 0.6) is 0 Å². The molecule has 0 saturated heterocycles. The lowest BCUT2D eigenvalue weighted by atomic mass is 10.0. The Hall–Kier alpha value is -2.67. The maximum Gasteiger partial charge on any atom is 0.268 e. The van der Waals surface area contributed by atoms with Gasteiger partial charge < -0.3 is 4.90 Å². The summed E-state index contributed by atoms with van der Waals surface area (Å²) in [6.07, 6.45) is 1.65. The predicted octanol–water partition coefficient (Wildman–Crippen LogP) is 3.24. The summed E-state index contributed by atoms with van der Waals surface area (Å²) < 4.78 is 17.5. The number of rotatable bonds is 4. The van der Waals surface area contributed by atoms with Crippen LogP contribution in [-0.2, 0) is 0 Å². The number of halogens is 1. The van der Waals surface area contributed by atoms with E-state index in [1.807, 2.05) is 12.1 Å². The van der Waals surface area contributed by atoms with Gasteiger partial charge in [0.15, 0.2) is 0 Å². The number of hydrogen-bond donors (Lipinski definition) is 0. The van der Waals surface area contributed by atoms with Crippen molar-refractivity contribution in [2.45, 2.75) is 13.0 Å². The molecule has 0 bridgehead atoms. The third-order valence-corrected chi connectivity index (χ3v) is 4.50. The van der Waals surface area contributed by atoms with E-state index in [2.05, 4.69) is 14.6 Å². The molecule has 2 aromatic heterocycles. The summed E-state index contributed by atoms with van der Waals surface area (Å²) in [5, 5.41) is 3.88. The van der Waals surface area contributed by atoms with Gasteiger partial charge in [0.1, 0.15) is 10.7 Å². The van der Waals surface area contributed by atoms with Crippen LogP contribution < -0.4 is 0 Å². The van der Waals surface area contributed by atoms with Gasteiger partial charge in [-0.3, -0.25) is 9.78 Å². The third kappa shape index (κ3) is 3.16. The molecule has 0 aliphatic carbocycles. The second-order valence-electron chi connectivity index (χ2n) is 5.32. The van der Waals surface area contributed by atoms with Crippen molar-refractivity contribution in [3.05, 3.63) is 76.3 Å². The second kappa shape index (κ2) is 6.84. The van der Waals surface area contributed by atoms with E-state index < -0.39 is 6.04 Å². The van der Waals surface area contributed by atoms with Crippen molar-refractivity contribution >= 4 is 17.4 Å². The van der Waals surface area contributed by atoms with Crippen LogP contribution in [0.25, 0.3) is 0 Å². The van der Waals surface area contributed by atoms with Gasteiger partial charge in [-0.15, -0.1) is 5.10 Å². The highest BCUT2D eigenvalue weighted by Gasteiger charge is 2.28. The zero-order valence-corrected chi connectivity index (χ0v) is 14.0. The standard InChI is InChI=1S/C17H15FN4OS/c1-11-16(24-21-20-11)17(23)22(2)15(14-8-3-4-9-19-14)12-6-5-7-13(18)10-12/h3-10,15H,1-2H3/t15-/m1/s1. The number of aryl methyl sites for hydroxylation is 1. The normalized spacial score (nSPS) is 12.0. The van der Waals surface area contributed by atoms with E-state index in [0.29, 0.717) is 21.8 Å². The molecular formula is C17H15FN4OS. The maximum absolute atomic E-state index is 13.7. The van der Waals surface area contributed by atoms with Gasteiger partial charge in [-0.05, 0) is 48.3 Å². The molecule has 3 aromatic rings. The number of nitrogens with zero attached hydrogens (tertiary/aromatic N) is 4. The van der Waals surface area contributed by atoms with Crippen LogP contribution in [-0.4, -0.2) is 32.4 Å². The Kier molecular flexibility index (Phi) is 4.61. The van der Waals surface area contributed by atoms with Gasteiger partial charge >= 0.3 is 0 Å². The number of carbonyl (C=O) groups is 1. The van der Waals surface area contributed by atoms with Gasteiger partial charge in [0.2, 0.25) is 0 Å². The molecule has 0 N–H and O–H groups in total. The molecule has 2 heterocycles. The highest BCUT2D eigenvalue weighted by atomic mass is 32.1. The first-order valence-electron chi connectivity index (χ1n) is 7.30. The molecule has 5 nitrogen and oxygen atoms in total. The number of carbonyl (C=O) groups excluding carboxylic acids is 1. The van der Waals surface area contributed by atoms with Crippen LogP contribution in [0.4, 0.5) is 4.39 Å². The molecule has 0 fully saturated rings. The molecule has 0 unspecified atom stereocenters. The summed E-state index contributed by atoms with van der Waals surface area (Å²) in [7, 11) is 1.67. The van der Waals surface area contributed by atoms with Gasteiger partial charge in [-0.2, -0.15) is 0 Å².